The largest absolute Gasteiger partial charge is 0.458 e. The number of hydrogen-bond acceptors (Lipinski definition) is 6. The molecule has 1 atom stereocenters. The Morgan fingerprint density at radius 1 is 1.26 bits per heavy atom. The molecule has 1 unspecified atom stereocenters. The van der Waals surface area contributed by atoms with E-state index in [1.54, 1.807) is 40.3 Å². The second-order valence-corrected chi connectivity index (χ2v) is 11.9. The van der Waals surface area contributed by atoms with Gasteiger partial charge in [0.05, 0.1) is 11.9 Å². The molecule has 0 bridgehead atoms. The molecular weight excluding hydrogens is 429 g/mol. The average Bonchev–Trinajstić information content (AvgIpc) is 2.52. The lowest BCUT2D eigenvalue weighted by Crippen LogP contribution is -2.36. The molecule has 0 amide bonds. The number of hydrogen-bond donors (Lipinski definition) is 1. The van der Waals surface area contributed by atoms with Gasteiger partial charge in [0.15, 0.2) is 5.78 Å². The molecule has 2 rings (SSSR count). The summed E-state index contributed by atoms with van der Waals surface area (Å²) in [7, 11) is -2.86. The van der Waals surface area contributed by atoms with E-state index in [2.05, 4.69) is 31.2 Å². The molecule has 2 aromatic rings. The van der Waals surface area contributed by atoms with Crippen LogP contribution in [-0.2, 0) is 20.5 Å². The van der Waals surface area contributed by atoms with Gasteiger partial charge in [0, 0.05) is 6.42 Å². The number of aromatic nitrogens is 2. The molecule has 0 saturated heterocycles. The van der Waals surface area contributed by atoms with Crippen LogP contribution >= 0.6 is 23.1 Å². The minimum atomic E-state index is -2.86. The topological polar surface area (TPSA) is 81.2 Å². The third-order valence-electron chi connectivity index (χ3n) is 3.55. The maximum atomic E-state index is 12.8. The standard InChI is InChI=1S/C19H25BrN3O3P/c1-19(2,3)26-18(24)17(27(4,5)25)23-16-14(22-15(20)12-21-16)11-13-9-7-6-8-10-13/h6-10,12,17H,11H2,1-5H3,(H,21,23). The van der Waals surface area contributed by atoms with E-state index in [4.69, 9.17) is 4.74 Å². The number of nitrogens with one attached hydrogen (secondary N) is 1. The molecule has 8 heteroatoms. The van der Waals surface area contributed by atoms with Crippen LogP contribution in [0.5, 0.6) is 0 Å². The van der Waals surface area contributed by atoms with Gasteiger partial charge in [-0.25, -0.2) is 14.8 Å². The highest BCUT2D eigenvalue weighted by molar-refractivity contribution is 9.10. The van der Waals surface area contributed by atoms with Crippen LogP contribution in [0.1, 0.15) is 32.0 Å². The quantitative estimate of drug-likeness (QED) is 0.510. The van der Waals surface area contributed by atoms with E-state index in [1.165, 1.54) is 0 Å². The number of esters is 1. The molecule has 6 nitrogen and oxygen atoms in total. The Morgan fingerprint density at radius 3 is 2.44 bits per heavy atom. The highest BCUT2D eigenvalue weighted by atomic mass is 79.9. The number of carbonyl (C=O) groups is 1. The zero-order chi connectivity index (χ0) is 20.2. The van der Waals surface area contributed by atoms with Crippen LogP contribution in [0.25, 0.3) is 0 Å². The van der Waals surface area contributed by atoms with E-state index < -0.39 is 24.5 Å². The van der Waals surface area contributed by atoms with Crippen molar-refractivity contribution in [3.8, 4) is 0 Å². The van der Waals surface area contributed by atoms with E-state index in [9.17, 15) is 9.36 Å². The van der Waals surface area contributed by atoms with Crippen molar-refractivity contribution in [1.82, 2.24) is 9.97 Å². The summed E-state index contributed by atoms with van der Waals surface area (Å²) in [5.74, 6) is -1.14. The summed E-state index contributed by atoms with van der Waals surface area (Å²) in [4.78, 5) is 21.5. The lowest BCUT2D eigenvalue weighted by molar-refractivity contribution is -0.153. The first-order chi connectivity index (χ1) is 12.5. The summed E-state index contributed by atoms with van der Waals surface area (Å²) in [6.45, 7) is 8.44. The van der Waals surface area contributed by atoms with Crippen LogP contribution < -0.4 is 5.32 Å². The van der Waals surface area contributed by atoms with Crippen molar-refractivity contribution in [2.24, 2.45) is 0 Å². The van der Waals surface area contributed by atoms with Crippen molar-refractivity contribution < 1.29 is 14.1 Å². The highest BCUT2D eigenvalue weighted by Gasteiger charge is 2.35. The summed E-state index contributed by atoms with van der Waals surface area (Å²) in [6, 6.07) is 9.82. The Balaban J connectivity index is 2.35. The Bertz CT molecular complexity index is 847. The van der Waals surface area contributed by atoms with Gasteiger partial charge in [-0.2, -0.15) is 0 Å². The van der Waals surface area contributed by atoms with E-state index in [-0.39, 0.29) is 0 Å². The summed E-state index contributed by atoms with van der Waals surface area (Å²) >= 11 is 3.34. The van der Waals surface area contributed by atoms with Gasteiger partial charge in [0.1, 0.15) is 23.2 Å². The Kier molecular flexibility index (Phi) is 6.82. The number of benzene rings is 1. The van der Waals surface area contributed by atoms with Gasteiger partial charge >= 0.3 is 5.97 Å². The Labute approximate surface area is 168 Å². The van der Waals surface area contributed by atoms with E-state index in [1.807, 2.05) is 30.3 Å². The van der Waals surface area contributed by atoms with Crippen molar-refractivity contribution in [2.75, 3.05) is 18.6 Å². The van der Waals surface area contributed by atoms with Crippen molar-refractivity contribution in [1.29, 1.82) is 0 Å². The summed E-state index contributed by atoms with van der Waals surface area (Å²) in [6.07, 6.45) is 2.06. The summed E-state index contributed by atoms with van der Waals surface area (Å²) < 4.78 is 18.8. The lowest BCUT2D eigenvalue weighted by atomic mass is 10.1. The normalized spacial score (nSPS) is 13.1. The molecule has 1 N–H and O–H groups in total. The molecule has 0 spiro atoms. The Morgan fingerprint density at radius 2 is 1.89 bits per heavy atom. The van der Waals surface area contributed by atoms with Crippen LogP contribution in [0.3, 0.4) is 0 Å². The molecule has 0 radical (unpaired) electrons. The van der Waals surface area contributed by atoms with Gasteiger partial charge in [-0.1, -0.05) is 30.3 Å². The van der Waals surface area contributed by atoms with Crippen LogP contribution in [0.2, 0.25) is 0 Å². The third kappa shape index (κ3) is 6.74. The SMILES string of the molecule is CC(C)(C)OC(=O)C(Nc1ncc(Br)nc1Cc1ccccc1)P(C)(C)=O. The summed E-state index contributed by atoms with van der Waals surface area (Å²) in [5.41, 5.74) is 1.03. The molecule has 0 aliphatic carbocycles. The first-order valence-electron chi connectivity index (χ1n) is 8.55. The molecule has 146 valence electrons. The smallest absolute Gasteiger partial charge is 0.336 e. The summed E-state index contributed by atoms with van der Waals surface area (Å²) in [5, 5.41) is 3.03. The first-order valence-corrected chi connectivity index (χ1v) is 12.0. The second-order valence-electron chi connectivity index (χ2n) is 7.66. The van der Waals surface area contributed by atoms with Crippen molar-refractivity contribution in [3.63, 3.8) is 0 Å². The van der Waals surface area contributed by atoms with Crippen LogP contribution in [0, 0.1) is 0 Å². The predicted molar refractivity (Wildman–Crippen MR) is 112 cm³/mol. The van der Waals surface area contributed by atoms with Crippen LogP contribution in [0.15, 0.2) is 41.1 Å². The minimum Gasteiger partial charge on any atom is -0.458 e. The fourth-order valence-electron chi connectivity index (χ4n) is 2.39. The zero-order valence-electron chi connectivity index (χ0n) is 16.2. The molecule has 1 heterocycles. The maximum absolute atomic E-state index is 12.8. The second kappa shape index (κ2) is 8.53. The third-order valence-corrected chi connectivity index (χ3v) is 5.52. The highest BCUT2D eigenvalue weighted by Crippen LogP contribution is 2.43. The monoisotopic (exact) mass is 453 g/mol. The molecule has 0 saturated carbocycles. The molecule has 27 heavy (non-hydrogen) atoms. The number of carbonyl (C=O) groups excluding carboxylic acids is 1. The number of rotatable bonds is 6. The molecule has 1 aromatic carbocycles. The van der Waals surface area contributed by atoms with Gasteiger partial charge in [-0.05, 0) is 55.6 Å². The van der Waals surface area contributed by atoms with Gasteiger partial charge in [-0.3, -0.25) is 0 Å². The fourth-order valence-corrected chi connectivity index (χ4v) is 3.70. The maximum Gasteiger partial charge on any atom is 0.336 e. The van der Waals surface area contributed by atoms with Gasteiger partial charge < -0.3 is 14.6 Å². The van der Waals surface area contributed by atoms with Gasteiger partial charge in [0.25, 0.3) is 0 Å². The number of ether oxygens (including phenoxy) is 1. The van der Waals surface area contributed by atoms with Crippen LogP contribution in [-0.4, -0.2) is 40.7 Å². The van der Waals surface area contributed by atoms with Crippen LogP contribution in [0.4, 0.5) is 5.82 Å². The average molecular weight is 454 g/mol. The van der Waals surface area contributed by atoms with Crippen molar-refractivity contribution in [2.45, 2.75) is 38.6 Å². The Hall–Kier alpha value is -1.72. The lowest BCUT2D eigenvalue weighted by Gasteiger charge is -2.27. The van der Waals surface area contributed by atoms with E-state index >= 15 is 0 Å². The van der Waals surface area contributed by atoms with Crippen molar-refractivity contribution in [3.05, 3.63) is 52.4 Å². The van der Waals surface area contributed by atoms with E-state index in [0.717, 1.165) is 5.56 Å². The first kappa shape index (κ1) is 21.6. The number of halogens is 1. The molecule has 0 aliphatic rings. The van der Waals surface area contributed by atoms with Crippen molar-refractivity contribution >= 4 is 34.9 Å². The van der Waals surface area contributed by atoms with Gasteiger partial charge in [-0.15, -0.1) is 0 Å². The molecular formula is C19H25BrN3O3P. The molecule has 0 aliphatic heterocycles. The minimum absolute atomic E-state index is 0.418. The zero-order valence-corrected chi connectivity index (χ0v) is 18.7. The van der Waals surface area contributed by atoms with E-state index in [0.29, 0.717) is 22.5 Å². The molecule has 0 fully saturated rings. The predicted octanol–water partition coefficient (Wildman–Crippen LogP) is 4.53. The number of nitrogens with zero attached hydrogens (tertiary/aromatic N) is 2. The fraction of sp³-hybridized carbons (Fsp3) is 0.421. The molecule has 1 aromatic heterocycles. The van der Waals surface area contributed by atoms with Gasteiger partial charge in [0.2, 0.25) is 0 Å². The number of anilines is 1.